The van der Waals surface area contributed by atoms with E-state index in [4.69, 9.17) is 0 Å². The summed E-state index contributed by atoms with van der Waals surface area (Å²) in [6.45, 7) is 1.09. The van der Waals surface area contributed by atoms with Crippen molar-refractivity contribution in [3.05, 3.63) is 41.7 Å². The van der Waals surface area contributed by atoms with Crippen LogP contribution in [0.5, 0.6) is 5.75 Å². The van der Waals surface area contributed by atoms with Crippen LogP contribution in [0.15, 0.2) is 24.5 Å². The molecule has 3 N–H and O–H groups in total. The molecule has 0 fully saturated rings. The van der Waals surface area contributed by atoms with Gasteiger partial charge in [0.15, 0.2) is 11.6 Å². The predicted octanol–water partition coefficient (Wildman–Crippen LogP) is 0.982. The molecule has 0 spiro atoms. The Hall–Kier alpha value is -1.95. The first-order chi connectivity index (χ1) is 8.27. The molecule has 1 aromatic heterocycles. The quantitative estimate of drug-likeness (QED) is 0.677. The normalized spacial score (nSPS) is 10.6. The van der Waals surface area contributed by atoms with Crippen LogP contribution in [0.25, 0.3) is 0 Å². The molecule has 0 amide bonds. The number of nitrogens with zero attached hydrogens (tertiary/aromatic N) is 2. The fraction of sp³-hybridized carbons (Fsp3) is 0.273. The minimum Gasteiger partial charge on any atom is -0.505 e. The smallest absolute Gasteiger partial charge is 0.165 e. The number of aromatic amines is 1. The number of aromatic hydroxyl groups is 1. The molecular formula is C11H13FN4O. The van der Waals surface area contributed by atoms with Crippen LogP contribution in [0.1, 0.15) is 11.4 Å². The molecule has 5 nitrogen and oxygen atoms in total. The third-order valence-electron chi connectivity index (χ3n) is 2.39. The van der Waals surface area contributed by atoms with Crippen molar-refractivity contribution < 1.29 is 9.50 Å². The van der Waals surface area contributed by atoms with Crippen LogP contribution in [0, 0.1) is 5.82 Å². The highest BCUT2D eigenvalue weighted by Crippen LogP contribution is 2.20. The Labute approximate surface area is 97.7 Å². The largest absolute Gasteiger partial charge is 0.505 e. The lowest BCUT2D eigenvalue weighted by Crippen LogP contribution is -2.17. The Morgan fingerprint density at radius 2 is 2.29 bits per heavy atom. The number of phenolic OH excluding ortho intramolecular Hbond substituents is 1. The predicted molar refractivity (Wildman–Crippen MR) is 59.9 cm³/mol. The monoisotopic (exact) mass is 236 g/mol. The van der Waals surface area contributed by atoms with Gasteiger partial charge in [-0.05, 0) is 6.07 Å². The Morgan fingerprint density at radius 1 is 1.41 bits per heavy atom. The van der Waals surface area contributed by atoms with Gasteiger partial charge in [0.2, 0.25) is 0 Å². The van der Waals surface area contributed by atoms with E-state index < -0.39 is 5.82 Å². The first-order valence-electron chi connectivity index (χ1n) is 5.28. The summed E-state index contributed by atoms with van der Waals surface area (Å²) in [7, 11) is 0. The summed E-state index contributed by atoms with van der Waals surface area (Å²) >= 11 is 0. The molecule has 0 atom stereocenters. The maximum atomic E-state index is 13.0. The molecule has 0 saturated heterocycles. The van der Waals surface area contributed by atoms with E-state index in [9.17, 15) is 9.50 Å². The van der Waals surface area contributed by atoms with Gasteiger partial charge in [-0.1, -0.05) is 12.1 Å². The molecule has 0 radical (unpaired) electrons. The van der Waals surface area contributed by atoms with Crippen LogP contribution in [0.3, 0.4) is 0 Å². The van der Waals surface area contributed by atoms with Gasteiger partial charge in [0, 0.05) is 25.1 Å². The first-order valence-corrected chi connectivity index (χ1v) is 5.28. The van der Waals surface area contributed by atoms with Gasteiger partial charge in [-0.3, -0.25) is 5.10 Å². The maximum Gasteiger partial charge on any atom is 0.165 e. The summed E-state index contributed by atoms with van der Waals surface area (Å²) in [6, 6.07) is 4.48. The highest BCUT2D eigenvalue weighted by molar-refractivity contribution is 5.33. The number of hydrogen-bond acceptors (Lipinski definition) is 4. The number of rotatable bonds is 5. The number of H-pyrrole nitrogens is 1. The van der Waals surface area contributed by atoms with E-state index in [1.807, 2.05) is 0 Å². The van der Waals surface area contributed by atoms with E-state index in [0.29, 0.717) is 25.1 Å². The maximum absolute atomic E-state index is 13.0. The van der Waals surface area contributed by atoms with Crippen molar-refractivity contribution in [2.75, 3.05) is 6.54 Å². The lowest BCUT2D eigenvalue weighted by atomic mass is 10.2. The minimum absolute atomic E-state index is 0.292. The number of phenols is 1. The van der Waals surface area contributed by atoms with Crippen LogP contribution >= 0.6 is 0 Å². The zero-order valence-corrected chi connectivity index (χ0v) is 9.15. The van der Waals surface area contributed by atoms with Gasteiger partial charge in [-0.25, -0.2) is 9.37 Å². The Kier molecular flexibility index (Phi) is 3.66. The van der Waals surface area contributed by atoms with Gasteiger partial charge in [0.05, 0.1) is 0 Å². The van der Waals surface area contributed by atoms with Gasteiger partial charge in [0.1, 0.15) is 12.2 Å². The number of halogens is 1. The van der Waals surface area contributed by atoms with Gasteiger partial charge in [0.25, 0.3) is 0 Å². The third kappa shape index (κ3) is 3.01. The molecule has 0 saturated carbocycles. The first kappa shape index (κ1) is 11.5. The second-order valence-electron chi connectivity index (χ2n) is 3.61. The van der Waals surface area contributed by atoms with Gasteiger partial charge in [-0.15, -0.1) is 0 Å². The second-order valence-corrected chi connectivity index (χ2v) is 3.61. The summed E-state index contributed by atoms with van der Waals surface area (Å²) < 4.78 is 13.0. The zero-order valence-electron chi connectivity index (χ0n) is 9.15. The van der Waals surface area contributed by atoms with E-state index in [2.05, 4.69) is 20.5 Å². The van der Waals surface area contributed by atoms with Gasteiger partial charge < -0.3 is 10.4 Å². The van der Waals surface area contributed by atoms with Crippen molar-refractivity contribution in [3.8, 4) is 5.75 Å². The third-order valence-corrected chi connectivity index (χ3v) is 2.39. The van der Waals surface area contributed by atoms with Crippen molar-refractivity contribution in [1.82, 2.24) is 20.5 Å². The minimum atomic E-state index is -0.598. The number of aromatic nitrogens is 3. The van der Waals surface area contributed by atoms with E-state index in [-0.39, 0.29) is 5.75 Å². The summed E-state index contributed by atoms with van der Waals surface area (Å²) in [5.41, 5.74) is 0.544. The summed E-state index contributed by atoms with van der Waals surface area (Å²) in [5, 5.41) is 19.0. The number of para-hydroxylation sites is 1. The van der Waals surface area contributed by atoms with Gasteiger partial charge in [-0.2, -0.15) is 5.10 Å². The van der Waals surface area contributed by atoms with Crippen molar-refractivity contribution in [3.63, 3.8) is 0 Å². The molecule has 90 valence electrons. The molecule has 17 heavy (non-hydrogen) atoms. The van der Waals surface area contributed by atoms with Crippen LogP contribution < -0.4 is 5.32 Å². The van der Waals surface area contributed by atoms with Crippen LogP contribution in [0.4, 0.5) is 4.39 Å². The molecule has 2 aromatic rings. The van der Waals surface area contributed by atoms with Crippen LogP contribution in [0.2, 0.25) is 0 Å². The highest BCUT2D eigenvalue weighted by Gasteiger charge is 2.05. The average Bonchev–Trinajstić information content (AvgIpc) is 2.83. The molecule has 2 rings (SSSR count). The Balaban J connectivity index is 1.80. The van der Waals surface area contributed by atoms with Crippen molar-refractivity contribution in [1.29, 1.82) is 0 Å². The fourth-order valence-electron chi connectivity index (χ4n) is 1.48. The Bertz CT molecular complexity index is 472. The van der Waals surface area contributed by atoms with Crippen molar-refractivity contribution in [2.24, 2.45) is 0 Å². The number of hydrogen-bond donors (Lipinski definition) is 3. The topological polar surface area (TPSA) is 73.8 Å². The summed E-state index contributed by atoms with van der Waals surface area (Å²) in [6.07, 6.45) is 2.16. The van der Waals surface area contributed by atoms with E-state index >= 15 is 0 Å². The summed E-state index contributed by atoms with van der Waals surface area (Å²) in [4.78, 5) is 3.98. The molecule has 0 aliphatic heterocycles. The highest BCUT2D eigenvalue weighted by atomic mass is 19.1. The molecule has 1 aromatic carbocycles. The van der Waals surface area contributed by atoms with E-state index in [0.717, 1.165) is 5.82 Å². The molecule has 6 heteroatoms. The molecular weight excluding hydrogens is 223 g/mol. The second kappa shape index (κ2) is 5.40. The van der Waals surface area contributed by atoms with Crippen LogP contribution in [-0.4, -0.2) is 26.8 Å². The molecule has 0 aliphatic carbocycles. The fourth-order valence-corrected chi connectivity index (χ4v) is 1.48. The zero-order chi connectivity index (χ0) is 12.1. The van der Waals surface area contributed by atoms with Crippen LogP contribution in [-0.2, 0) is 13.0 Å². The Morgan fingerprint density at radius 3 is 3.06 bits per heavy atom. The molecule has 0 bridgehead atoms. The lowest BCUT2D eigenvalue weighted by Gasteiger charge is -2.06. The standard InChI is InChI=1S/C11H13FN4O/c12-9-3-1-2-8(11(9)17)6-13-5-4-10-14-7-15-16-10/h1-3,7,13,17H,4-6H2,(H,14,15,16). The lowest BCUT2D eigenvalue weighted by molar-refractivity contribution is 0.423. The number of nitrogens with one attached hydrogen (secondary N) is 2. The van der Waals surface area contributed by atoms with Gasteiger partial charge >= 0.3 is 0 Å². The SMILES string of the molecule is Oc1c(F)cccc1CNCCc1ncn[nH]1. The molecule has 0 aliphatic rings. The van der Waals surface area contributed by atoms with E-state index in [1.54, 1.807) is 12.1 Å². The number of benzene rings is 1. The average molecular weight is 236 g/mol. The van der Waals surface area contributed by atoms with Crippen molar-refractivity contribution in [2.45, 2.75) is 13.0 Å². The summed E-state index contributed by atoms with van der Waals surface area (Å²) in [5.74, 6) is -0.0971. The van der Waals surface area contributed by atoms with E-state index in [1.165, 1.54) is 12.4 Å². The molecule has 0 unspecified atom stereocenters. The van der Waals surface area contributed by atoms with Crippen molar-refractivity contribution >= 4 is 0 Å². The molecule has 1 heterocycles.